The van der Waals surface area contributed by atoms with Crippen LogP contribution in [0.4, 0.5) is 5.82 Å². The van der Waals surface area contributed by atoms with E-state index in [-0.39, 0.29) is 17.2 Å². The molecule has 4 rings (SSSR count). The van der Waals surface area contributed by atoms with Crippen molar-refractivity contribution in [3.8, 4) is 0 Å². The third-order valence-corrected chi connectivity index (χ3v) is 7.09. The zero-order chi connectivity index (χ0) is 19.0. The van der Waals surface area contributed by atoms with Gasteiger partial charge in [0.2, 0.25) is 5.91 Å². The van der Waals surface area contributed by atoms with Crippen molar-refractivity contribution in [2.75, 3.05) is 5.32 Å². The predicted octanol–water partition coefficient (Wildman–Crippen LogP) is 4.47. The molecule has 142 valence electrons. The largest absolute Gasteiger partial charge is 0.310 e. The Morgan fingerprint density at radius 2 is 2.07 bits per heavy atom. The van der Waals surface area contributed by atoms with Gasteiger partial charge in [0.05, 0.1) is 11.4 Å². The highest BCUT2D eigenvalue weighted by Gasteiger charge is 2.23. The Labute approximate surface area is 166 Å². The highest BCUT2D eigenvalue weighted by atomic mass is 32.2. The molecule has 0 bridgehead atoms. The van der Waals surface area contributed by atoms with E-state index >= 15 is 0 Å². The summed E-state index contributed by atoms with van der Waals surface area (Å²) in [6, 6.07) is 2.02. The summed E-state index contributed by atoms with van der Waals surface area (Å²) < 4.78 is 1.81. The van der Waals surface area contributed by atoms with Crippen LogP contribution in [0.25, 0.3) is 10.2 Å². The number of rotatable bonds is 5. The lowest BCUT2D eigenvalue weighted by atomic mass is 9.97. The van der Waals surface area contributed by atoms with Crippen molar-refractivity contribution < 1.29 is 4.79 Å². The Balaban J connectivity index is 1.56. The molecule has 3 heterocycles. The molecule has 1 atom stereocenters. The van der Waals surface area contributed by atoms with E-state index in [9.17, 15) is 4.79 Å². The highest BCUT2D eigenvalue weighted by molar-refractivity contribution is 8.00. The number of hydrogen-bond donors (Lipinski definition) is 1. The van der Waals surface area contributed by atoms with Crippen molar-refractivity contribution in [2.24, 2.45) is 0 Å². The molecule has 0 radical (unpaired) electrons. The number of aryl methyl sites for hydroxylation is 2. The molecule has 8 heteroatoms. The number of thioether (sulfide) groups is 1. The van der Waals surface area contributed by atoms with Crippen molar-refractivity contribution in [1.82, 2.24) is 19.7 Å². The zero-order valence-electron chi connectivity index (χ0n) is 15.7. The summed E-state index contributed by atoms with van der Waals surface area (Å²) in [7, 11) is 0. The van der Waals surface area contributed by atoms with Crippen LogP contribution in [0.3, 0.4) is 0 Å². The second-order valence-electron chi connectivity index (χ2n) is 7.07. The number of carbonyl (C=O) groups is 1. The van der Waals surface area contributed by atoms with E-state index in [0.717, 1.165) is 33.9 Å². The van der Waals surface area contributed by atoms with Crippen molar-refractivity contribution in [2.45, 2.75) is 62.8 Å². The van der Waals surface area contributed by atoms with E-state index in [4.69, 9.17) is 0 Å². The average molecular weight is 402 g/mol. The first kappa shape index (κ1) is 18.4. The SMILES string of the molecule is CC(Sc1ncnc2sc3c(c12)CCCC3)C(=O)Nc1ccnn1C(C)C. The second kappa shape index (κ2) is 7.59. The number of hydrogen-bond acceptors (Lipinski definition) is 6. The van der Waals surface area contributed by atoms with Gasteiger partial charge in [0.1, 0.15) is 22.0 Å². The molecule has 27 heavy (non-hydrogen) atoms. The Kier molecular flexibility index (Phi) is 5.19. The summed E-state index contributed by atoms with van der Waals surface area (Å²) in [4.78, 5) is 24.2. The maximum absolute atomic E-state index is 12.7. The maximum Gasteiger partial charge on any atom is 0.238 e. The molecule has 0 spiro atoms. The summed E-state index contributed by atoms with van der Waals surface area (Å²) in [6.45, 7) is 6.00. The number of fused-ring (bicyclic) bond motifs is 3. The van der Waals surface area contributed by atoms with Gasteiger partial charge < -0.3 is 5.32 Å². The number of carbonyl (C=O) groups excluding carboxylic acids is 1. The number of thiophene rings is 1. The minimum absolute atomic E-state index is 0.0433. The first-order valence-corrected chi connectivity index (χ1v) is 11.0. The Hall–Kier alpha value is -1.93. The van der Waals surface area contributed by atoms with Crippen LogP contribution < -0.4 is 5.32 Å². The fourth-order valence-corrected chi connectivity index (χ4v) is 5.66. The zero-order valence-corrected chi connectivity index (χ0v) is 17.4. The predicted molar refractivity (Wildman–Crippen MR) is 111 cm³/mol. The molecule has 0 fully saturated rings. The van der Waals surface area contributed by atoms with Crippen LogP contribution in [0.2, 0.25) is 0 Å². The van der Waals surface area contributed by atoms with Gasteiger partial charge in [-0.1, -0.05) is 11.8 Å². The smallest absolute Gasteiger partial charge is 0.238 e. The van der Waals surface area contributed by atoms with Crippen molar-refractivity contribution in [3.63, 3.8) is 0 Å². The third-order valence-electron chi connectivity index (χ3n) is 4.78. The molecule has 0 saturated heterocycles. The number of nitrogens with zero attached hydrogens (tertiary/aromatic N) is 4. The van der Waals surface area contributed by atoms with E-state index in [0.29, 0.717) is 0 Å². The van der Waals surface area contributed by atoms with Crippen LogP contribution in [0.15, 0.2) is 23.6 Å². The lowest BCUT2D eigenvalue weighted by molar-refractivity contribution is -0.115. The minimum atomic E-state index is -0.266. The Bertz CT molecular complexity index is 978. The van der Waals surface area contributed by atoms with E-state index < -0.39 is 0 Å². The molecule has 0 aliphatic heterocycles. The number of aromatic nitrogens is 4. The third kappa shape index (κ3) is 3.60. The summed E-state index contributed by atoms with van der Waals surface area (Å²) in [5.41, 5.74) is 1.40. The van der Waals surface area contributed by atoms with Crippen LogP contribution >= 0.6 is 23.1 Å². The first-order chi connectivity index (χ1) is 13.0. The van der Waals surface area contributed by atoms with Gasteiger partial charge >= 0.3 is 0 Å². The van der Waals surface area contributed by atoms with E-state index in [2.05, 4.69) is 20.4 Å². The lowest BCUT2D eigenvalue weighted by Gasteiger charge is -2.15. The van der Waals surface area contributed by atoms with Crippen molar-refractivity contribution in [3.05, 3.63) is 29.0 Å². The number of anilines is 1. The van der Waals surface area contributed by atoms with Crippen LogP contribution in [0.1, 0.15) is 50.1 Å². The Morgan fingerprint density at radius 3 is 2.89 bits per heavy atom. The van der Waals surface area contributed by atoms with Gasteiger partial charge in [0.15, 0.2) is 0 Å². The molecule has 1 aliphatic carbocycles. The fraction of sp³-hybridized carbons (Fsp3) is 0.474. The summed E-state index contributed by atoms with van der Waals surface area (Å²) in [5.74, 6) is 0.682. The van der Waals surface area contributed by atoms with E-state index in [1.54, 1.807) is 23.9 Å². The molecule has 6 nitrogen and oxygen atoms in total. The summed E-state index contributed by atoms with van der Waals surface area (Å²) >= 11 is 3.29. The highest BCUT2D eigenvalue weighted by Crippen LogP contribution is 2.40. The van der Waals surface area contributed by atoms with Gasteiger partial charge in [-0.05, 0) is 52.0 Å². The molecule has 3 aromatic rings. The fourth-order valence-electron chi connectivity index (χ4n) is 3.42. The molecule has 3 aromatic heterocycles. The van der Waals surface area contributed by atoms with E-state index in [1.807, 2.05) is 31.5 Å². The van der Waals surface area contributed by atoms with Gasteiger partial charge in [-0.3, -0.25) is 4.79 Å². The van der Waals surface area contributed by atoms with Gasteiger partial charge in [-0.25, -0.2) is 14.6 Å². The van der Waals surface area contributed by atoms with Crippen LogP contribution in [-0.4, -0.2) is 30.9 Å². The molecule has 1 N–H and O–H groups in total. The second-order valence-corrected chi connectivity index (χ2v) is 9.49. The van der Waals surface area contributed by atoms with Crippen molar-refractivity contribution >= 4 is 45.0 Å². The van der Waals surface area contributed by atoms with Crippen LogP contribution in [0, 0.1) is 0 Å². The molecule has 0 saturated carbocycles. The number of nitrogens with one attached hydrogen (secondary N) is 1. The van der Waals surface area contributed by atoms with Crippen LogP contribution in [-0.2, 0) is 17.6 Å². The molecule has 1 aliphatic rings. The first-order valence-electron chi connectivity index (χ1n) is 9.31. The molecule has 1 amide bonds. The molecular formula is C19H23N5OS2. The van der Waals surface area contributed by atoms with Gasteiger partial charge in [0.25, 0.3) is 0 Å². The van der Waals surface area contributed by atoms with Crippen LogP contribution in [0.5, 0.6) is 0 Å². The summed E-state index contributed by atoms with van der Waals surface area (Å²) in [6.07, 6.45) is 8.01. The van der Waals surface area contributed by atoms with Gasteiger partial charge in [0, 0.05) is 22.4 Å². The lowest BCUT2D eigenvalue weighted by Crippen LogP contribution is -2.24. The standard InChI is InChI=1S/C19H23N5OS2/c1-11(2)24-15(8-9-22-24)23-17(25)12(3)26-18-16-13-6-4-5-7-14(13)27-19(16)21-10-20-18/h8-12H,4-7H2,1-3H3,(H,23,25). The molecule has 0 aromatic carbocycles. The van der Waals surface area contributed by atoms with Gasteiger partial charge in [-0.2, -0.15) is 5.10 Å². The minimum Gasteiger partial charge on any atom is -0.310 e. The number of amides is 1. The molecular weight excluding hydrogens is 378 g/mol. The normalized spacial score (nSPS) is 15.1. The Morgan fingerprint density at radius 1 is 1.26 bits per heavy atom. The van der Waals surface area contributed by atoms with Crippen molar-refractivity contribution in [1.29, 1.82) is 0 Å². The molecule has 1 unspecified atom stereocenters. The average Bonchev–Trinajstić information content (AvgIpc) is 3.26. The van der Waals surface area contributed by atoms with E-state index in [1.165, 1.54) is 35.0 Å². The monoisotopic (exact) mass is 401 g/mol. The van der Waals surface area contributed by atoms with Gasteiger partial charge in [-0.15, -0.1) is 11.3 Å². The summed E-state index contributed by atoms with van der Waals surface area (Å²) in [5, 5.41) is 9.08. The quantitative estimate of drug-likeness (QED) is 0.504. The topological polar surface area (TPSA) is 72.7 Å². The maximum atomic E-state index is 12.7.